The van der Waals surface area contributed by atoms with Gasteiger partial charge in [0.25, 0.3) is 0 Å². The lowest BCUT2D eigenvalue weighted by atomic mass is 10.1. The minimum atomic E-state index is -0.0705. The van der Waals surface area contributed by atoms with Crippen LogP contribution < -0.4 is 5.73 Å². The van der Waals surface area contributed by atoms with Gasteiger partial charge in [-0.25, -0.2) is 4.98 Å². The first-order valence-electron chi connectivity index (χ1n) is 6.46. The molecule has 0 aliphatic rings. The molecule has 3 rings (SSSR count). The number of hydrogen-bond donors (Lipinski definition) is 1. The third-order valence-corrected chi connectivity index (χ3v) is 3.42. The number of nitrogens with two attached hydrogens (primary N) is 1. The average molecular weight is 265 g/mol. The van der Waals surface area contributed by atoms with Gasteiger partial charge >= 0.3 is 0 Å². The molecule has 0 spiro atoms. The highest BCUT2D eigenvalue weighted by Crippen LogP contribution is 2.24. The van der Waals surface area contributed by atoms with Gasteiger partial charge in [-0.2, -0.15) is 0 Å². The number of fused-ring (bicyclic) bond motifs is 1. The smallest absolute Gasteiger partial charge is 0.176 e. The molecule has 0 unspecified atom stereocenters. The number of ketones is 1. The van der Waals surface area contributed by atoms with Gasteiger partial charge in [0.15, 0.2) is 5.78 Å². The molecule has 0 saturated heterocycles. The van der Waals surface area contributed by atoms with Crippen LogP contribution in [-0.4, -0.2) is 21.9 Å². The Morgan fingerprint density at radius 1 is 1.20 bits per heavy atom. The van der Waals surface area contributed by atoms with Crippen LogP contribution in [0.3, 0.4) is 0 Å². The summed E-state index contributed by atoms with van der Waals surface area (Å²) in [4.78, 5) is 16.3. The fraction of sp³-hybridized carbons (Fsp3) is 0.125. The Bertz CT molecular complexity index is 775. The van der Waals surface area contributed by atoms with Gasteiger partial charge < -0.3 is 10.3 Å². The zero-order valence-electron chi connectivity index (χ0n) is 11.2. The SMILES string of the molecule is Cn1c(-c2ccccc2)nc2cc(C(=O)CN)ccc21. The van der Waals surface area contributed by atoms with E-state index in [4.69, 9.17) is 5.73 Å². The van der Waals surface area contributed by atoms with Crippen LogP contribution in [0.5, 0.6) is 0 Å². The number of aromatic nitrogens is 2. The van der Waals surface area contributed by atoms with Crippen LogP contribution in [0, 0.1) is 0 Å². The van der Waals surface area contributed by atoms with Gasteiger partial charge in [-0.15, -0.1) is 0 Å². The number of imidazole rings is 1. The third-order valence-electron chi connectivity index (χ3n) is 3.42. The molecule has 0 radical (unpaired) electrons. The summed E-state index contributed by atoms with van der Waals surface area (Å²) in [5.41, 5.74) is 8.87. The van der Waals surface area contributed by atoms with Crippen molar-refractivity contribution in [2.45, 2.75) is 0 Å². The molecule has 3 aromatic rings. The molecular weight excluding hydrogens is 250 g/mol. The van der Waals surface area contributed by atoms with E-state index in [9.17, 15) is 4.79 Å². The Morgan fingerprint density at radius 2 is 1.95 bits per heavy atom. The molecule has 100 valence electrons. The van der Waals surface area contributed by atoms with E-state index in [-0.39, 0.29) is 12.3 Å². The van der Waals surface area contributed by atoms with Crippen LogP contribution in [-0.2, 0) is 7.05 Å². The summed E-state index contributed by atoms with van der Waals surface area (Å²) in [5, 5.41) is 0. The summed E-state index contributed by atoms with van der Waals surface area (Å²) in [6.45, 7) is 0.0177. The van der Waals surface area contributed by atoms with Crippen molar-refractivity contribution in [1.29, 1.82) is 0 Å². The highest BCUT2D eigenvalue weighted by Gasteiger charge is 2.11. The molecule has 2 aromatic carbocycles. The molecule has 4 heteroatoms. The summed E-state index contributed by atoms with van der Waals surface area (Å²) in [5.74, 6) is 0.816. The van der Waals surface area contributed by atoms with Gasteiger partial charge in [-0.05, 0) is 18.2 Å². The Balaban J connectivity index is 2.17. The molecular formula is C16H15N3O. The molecule has 0 amide bonds. The Kier molecular flexibility index (Phi) is 3.08. The topological polar surface area (TPSA) is 60.9 Å². The fourth-order valence-electron chi connectivity index (χ4n) is 2.34. The maximum atomic E-state index is 11.7. The van der Waals surface area contributed by atoms with Crippen LogP contribution >= 0.6 is 0 Å². The highest BCUT2D eigenvalue weighted by atomic mass is 16.1. The number of aryl methyl sites for hydroxylation is 1. The lowest BCUT2D eigenvalue weighted by Gasteiger charge is -2.02. The molecule has 1 heterocycles. The molecule has 0 fully saturated rings. The average Bonchev–Trinajstić information content (AvgIpc) is 2.84. The van der Waals surface area contributed by atoms with E-state index in [1.54, 1.807) is 12.1 Å². The van der Waals surface area contributed by atoms with E-state index in [2.05, 4.69) is 4.98 Å². The van der Waals surface area contributed by atoms with Crippen molar-refractivity contribution in [3.8, 4) is 11.4 Å². The molecule has 0 aliphatic carbocycles. The van der Waals surface area contributed by atoms with Crippen LogP contribution in [0.2, 0.25) is 0 Å². The van der Waals surface area contributed by atoms with Gasteiger partial charge in [0.2, 0.25) is 0 Å². The maximum Gasteiger partial charge on any atom is 0.176 e. The van der Waals surface area contributed by atoms with Gasteiger partial charge in [0.05, 0.1) is 17.6 Å². The van der Waals surface area contributed by atoms with E-state index in [1.165, 1.54) is 0 Å². The first-order chi connectivity index (χ1) is 9.70. The monoisotopic (exact) mass is 265 g/mol. The number of benzene rings is 2. The Morgan fingerprint density at radius 3 is 2.65 bits per heavy atom. The molecule has 20 heavy (non-hydrogen) atoms. The summed E-state index contributed by atoms with van der Waals surface area (Å²) < 4.78 is 2.03. The molecule has 2 N–H and O–H groups in total. The Labute approximate surface area is 116 Å². The minimum Gasteiger partial charge on any atom is -0.327 e. The third kappa shape index (κ3) is 2.00. The van der Waals surface area contributed by atoms with Crippen molar-refractivity contribution >= 4 is 16.8 Å². The van der Waals surface area contributed by atoms with Crippen molar-refractivity contribution in [3.05, 3.63) is 54.1 Å². The number of carbonyl (C=O) groups is 1. The second-order valence-electron chi connectivity index (χ2n) is 4.69. The zero-order chi connectivity index (χ0) is 14.1. The van der Waals surface area contributed by atoms with Crippen molar-refractivity contribution in [3.63, 3.8) is 0 Å². The molecule has 0 bridgehead atoms. The fourth-order valence-corrected chi connectivity index (χ4v) is 2.34. The van der Waals surface area contributed by atoms with E-state index < -0.39 is 0 Å². The lowest BCUT2D eigenvalue weighted by Crippen LogP contribution is -2.13. The van der Waals surface area contributed by atoms with E-state index in [0.717, 1.165) is 22.4 Å². The van der Waals surface area contributed by atoms with Crippen molar-refractivity contribution < 1.29 is 4.79 Å². The minimum absolute atomic E-state index is 0.0177. The largest absolute Gasteiger partial charge is 0.327 e. The lowest BCUT2D eigenvalue weighted by molar-refractivity contribution is 0.100. The van der Waals surface area contributed by atoms with Crippen LogP contribution in [0.15, 0.2) is 48.5 Å². The van der Waals surface area contributed by atoms with Gasteiger partial charge in [0.1, 0.15) is 5.82 Å². The van der Waals surface area contributed by atoms with E-state index in [1.807, 2.05) is 48.0 Å². The number of Topliss-reactive ketones (excluding diaryl/α,β-unsaturated/α-hetero) is 1. The zero-order valence-corrected chi connectivity index (χ0v) is 11.2. The number of hydrogen-bond acceptors (Lipinski definition) is 3. The van der Waals surface area contributed by atoms with Gasteiger partial charge in [0, 0.05) is 18.2 Å². The highest BCUT2D eigenvalue weighted by molar-refractivity contribution is 6.00. The second-order valence-corrected chi connectivity index (χ2v) is 4.69. The quantitative estimate of drug-likeness (QED) is 0.740. The molecule has 0 atom stereocenters. The van der Waals surface area contributed by atoms with Crippen molar-refractivity contribution in [2.24, 2.45) is 12.8 Å². The molecule has 0 saturated carbocycles. The number of carbonyl (C=O) groups excluding carboxylic acids is 1. The number of rotatable bonds is 3. The summed E-state index contributed by atoms with van der Waals surface area (Å²) in [6.07, 6.45) is 0. The first-order valence-corrected chi connectivity index (χ1v) is 6.46. The molecule has 1 aromatic heterocycles. The predicted octanol–water partition coefficient (Wildman–Crippen LogP) is 2.38. The van der Waals surface area contributed by atoms with Crippen LogP contribution in [0.25, 0.3) is 22.4 Å². The van der Waals surface area contributed by atoms with Crippen molar-refractivity contribution in [1.82, 2.24) is 9.55 Å². The number of nitrogens with zero attached hydrogens (tertiary/aromatic N) is 2. The van der Waals surface area contributed by atoms with Crippen LogP contribution in [0.4, 0.5) is 0 Å². The normalized spacial score (nSPS) is 10.9. The van der Waals surface area contributed by atoms with E-state index >= 15 is 0 Å². The predicted molar refractivity (Wildman–Crippen MR) is 79.5 cm³/mol. The maximum absolute atomic E-state index is 11.7. The van der Waals surface area contributed by atoms with Crippen molar-refractivity contribution in [2.75, 3.05) is 6.54 Å². The summed E-state index contributed by atoms with van der Waals surface area (Å²) in [6, 6.07) is 15.5. The van der Waals surface area contributed by atoms with Crippen LogP contribution in [0.1, 0.15) is 10.4 Å². The standard InChI is InChI=1S/C16H15N3O/c1-19-14-8-7-12(15(20)10-17)9-13(14)18-16(19)11-5-3-2-4-6-11/h2-9H,10,17H2,1H3. The van der Waals surface area contributed by atoms with Gasteiger partial charge in [-0.1, -0.05) is 30.3 Å². The van der Waals surface area contributed by atoms with E-state index in [0.29, 0.717) is 5.56 Å². The van der Waals surface area contributed by atoms with Gasteiger partial charge in [-0.3, -0.25) is 4.79 Å². The molecule has 0 aliphatic heterocycles. The second kappa shape index (κ2) is 4.90. The summed E-state index contributed by atoms with van der Waals surface area (Å²) >= 11 is 0. The Hall–Kier alpha value is -2.46. The molecule has 4 nitrogen and oxygen atoms in total. The summed E-state index contributed by atoms with van der Waals surface area (Å²) in [7, 11) is 1.97. The first kappa shape index (κ1) is 12.6.